The Morgan fingerprint density at radius 2 is 1.65 bits per heavy atom. The number of hydrogen-bond donors (Lipinski definition) is 1. The van der Waals surface area contributed by atoms with E-state index in [0.717, 1.165) is 24.8 Å². The van der Waals surface area contributed by atoms with E-state index >= 15 is 0 Å². The molecule has 4 nitrogen and oxygen atoms in total. The summed E-state index contributed by atoms with van der Waals surface area (Å²) in [5.41, 5.74) is 3.28. The molecule has 0 radical (unpaired) electrons. The normalized spacial score (nSPS) is 24.2. The molecule has 0 spiro atoms. The lowest BCUT2D eigenvalue weighted by atomic mass is 9.56. The number of aliphatic hydroxyl groups excluding tert-OH is 1. The van der Waals surface area contributed by atoms with E-state index in [1.54, 1.807) is 13.8 Å². The third-order valence-electron chi connectivity index (χ3n) is 7.09. The number of ketones is 2. The first-order chi connectivity index (χ1) is 15.9. The summed E-state index contributed by atoms with van der Waals surface area (Å²) in [5.74, 6) is -0.255. The topological polar surface area (TPSA) is 63.6 Å². The minimum absolute atomic E-state index is 0.00374. The second-order valence-electron chi connectivity index (χ2n) is 11.0. The molecule has 0 saturated carbocycles. The van der Waals surface area contributed by atoms with Gasteiger partial charge in [0.2, 0.25) is 0 Å². The standard InChI is InChI=1S/C30H44O4/c1-18(2)11-10-12-23-22(14-13-19(3)4)17-30(16-15-20(5)6)28(32)24(23)27(34-9)25(29(30)33)26(31)21(7)8/h11,13,15,21-23,32H,10,12,14,16-17H2,1-9H3. The molecule has 2 aliphatic rings. The number of allylic oxidation sites excluding steroid dienone is 9. The molecule has 0 aromatic heterocycles. The van der Waals surface area contributed by atoms with Crippen LogP contribution in [0, 0.1) is 23.2 Å². The fourth-order valence-electron chi connectivity index (χ4n) is 5.25. The number of carbonyl (C=O) groups is 2. The van der Waals surface area contributed by atoms with Crippen molar-refractivity contribution in [1.82, 2.24) is 0 Å². The van der Waals surface area contributed by atoms with Crippen molar-refractivity contribution in [2.45, 2.75) is 87.5 Å². The number of carbonyl (C=O) groups excluding carboxylic acids is 2. The molecule has 4 heteroatoms. The minimum atomic E-state index is -1.11. The van der Waals surface area contributed by atoms with Gasteiger partial charge in [-0.3, -0.25) is 9.59 Å². The first-order valence-corrected chi connectivity index (χ1v) is 12.6. The van der Waals surface area contributed by atoms with Crippen molar-refractivity contribution >= 4 is 11.6 Å². The molecular weight excluding hydrogens is 424 g/mol. The second-order valence-corrected chi connectivity index (χ2v) is 11.0. The van der Waals surface area contributed by atoms with E-state index in [1.165, 1.54) is 18.3 Å². The fourth-order valence-corrected chi connectivity index (χ4v) is 5.25. The van der Waals surface area contributed by atoms with Gasteiger partial charge in [0.1, 0.15) is 17.1 Å². The first kappa shape index (κ1) is 27.9. The minimum Gasteiger partial charge on any atom is -0.511 e. The zero-order valence-electron chi connectivity index (χ0n) is 22.7. The maximum absolute atomic E-state index is 14.1. The van der Waals surface area contributed by atoms with Crippen molar-refractivity contribution in [2.75, 3.05) is 7.11 Å². The van der Waals surface area contributed by atoms with Gasteiger partial charge in [0.05, 0.1) is 12.5 Å². The van der Waals surface area contributed by atoms with Crippen LogP contribution in [-0.2, 0) is 14.3 Å². The van der Waals surface area contributed by atoms with Crippen molar-refractivity contribution < 1.29 is 19.4 Å². The van der Waals surface area contributed by atoms with E-state index in [-0.39, 0.29) is 46.4 Å². The van der Waals surface area contributed by atoms with Gasteiger partial charge in [-0.05, 0) is 85.5 Å². The molecule has 0 amide bonds. The smallest absolute Gasteiger partial charge is 0.184 e. The molecule has 0 saturated heterocycles. The molecular formula is C30H44O4. The molecule has 0 aromatic carbocycles. The molecule has 0 aromatic rings. The third-order valence-corrected chi connectivity index (χ3v) is 7.09. The molecule has 34 heavy (non-hydrogen) atoms. The van der Waals surface area contributed by atoms with Gasteiger partial charge in [-0.25, -0.2) is 0 Å². The van der Waals surface area contributed by atoms with Crippen molar-refractivity contribution in [3.63, 3.8) is 0 Å². The number of Topliss-reactive ketones (excluding diaryl/α,β-unsaturated/α-hetero) is 2. The number of methoxy groups -OCH3 is 1. The highest BCUT2D eigenvalue weighted by Gasteiger charge is 2.57. The van der Waals surface area contributed by atoms with Crippen LogP contribution in [0.2, 0.25) is 0 Å². The van der Waals surface area contributed by atoms with Gasteiger partial charge in [0.15, 0.2) is 11.6 Å². The van der Waals surface area contributed by atoms with E-state index in [2.05, 4.69) is 39.8 Å². The lowest BCUT2D eigenvalue weighted by Crippen LogP contribution is -2.48. The number of ether oxygens (including phenoxy) is 1. The van der Waals surface area contributed by atoms with E-state index < -0.39 is 5.41 Å². The van der Waals surface area contributed by atoms with Crippen molar-refractivity contribution in [2.24, 2.45) is 23.2 Å². The van der Waals surface area contributed by atoms with Gasteiger partial charge < -0.3 is 9.84 Å². The van der Waals surface area contributed by atoms with Gasteiger partial charge in [-0.2, -0.15) is 0 Å². The molecule has 2 bridgehead atoms. The molecule has 188 valence electrons. The molecule has 0 aliphatic heterocycles. The van der Waals surface area contributed by atoms with Gasteiger partial charge in [0, 0.05) is 11.5 Å². The van der Waals surface area contributed by atoms with Gasteiger partial charge in [0.25, 0.3) is 0 Å². The summed E-state index contributed by atoms with van der Waals surface area (Å²) in [6.45, 7) is 15.9. The van der Waals surface area contributed by atoms with E-state index in [4.69, 9.17) is 4.74 Å². The van der Waals surface area contributed by atoms with Crippen LogP contribution in [0.5, 0.6) is 0 Å². The molecule has 3 unspecified atom stereocenters. The highest BCUT2D eigenvalue weighted by Crippen LogP contribution is 2.57. The van der Waals surface area contributed by atoms with Crippen LogP contribution < -0.4 is 0 Å². The Hall–Kier alpha value is -2.36. The zero-order valence-corrected chi connectivity index (χ0v) is 22.7. The van der Waals surface area contributed by atoms with Crippen LogP contribution in [0.3, 0.4) is 0 Å². The molecule has 2 rings (SSSR count). The average molecular weight is 469 g/mol. The fraction of sp³-hybridized carbons (Fsp3) is 0.600. The molecule has 0 heterocycles. The molecule has 0 fully saturated rings. The maximum atomic E-state index is 14.1. The summed E-state index contributed by atoms with van der Waals surface area (Å²) in [6, 6.07) is 0. The zero-order chi connectivity index (χ0) is 25.8. The predicted octanol–water partition coefficient (Wildman–Crippen LogP) is 7.59. The highest BCUT2D eigenvalue weighted by atomic mass is 16.5. The van der Waals surface area contributed by atoms with Gasteiger partial charge in [-0.15, -0.1) is 0 Å². The Bertz CT molecular complexity index is 958. The van der Waals surface area contributed by atoms with Crippen molar-refractivity contribution in [3.05, 3.63) is 57.6 Å². The largest absolute Gasteiger partial charge is 0.511 e. The summed E-state index contributed by atoms with van der Waals surface area (Å²) < 4.78 is 5.78. The summed E-state index contributed by atoms with van der Waals surface area (Å²) in [6.07, 6.45) is 9.90. The van der Waals surface area contributed by atoms with Crippen LogP contribution in [0.15, 0.2) is 57.6 Å². The van der Waals surface area contributed by atoms with Crippen LogP contribution in [-0.4, -0.2) is 23.8 Å². The monoisotopic (exact) mass is 468 g/mol. The average Bonchev–Trinajstić information content (AvgIpc) is 2.74. The number of rotatable bonds is 10. The Morgan fingerprint density at radius 3 is 2.15 bits per heavy atom. The molecule has 1 N–H and O–H groups in total. The quantitative estimate of drug-likeness (QED) is 0.265. The van der Waals surface area contributed by atoms with E-state index in [1.807, 2.05) is 19.9 Å². The number of hydrogen-bond acceptors (Lipinski definition) is 4. The third kappa shape index (κ3) is 5.64. The van der Waals surface area contributed by atoms with Crippen LogP contribution >= 0.6 is 0 Å². The molecule has 2 aliphatic carbocycles. The number of aliphatic hydroxyl groups is 1. The van der Waals surface area contributed by atoms with Crippen molar-refractivity contribution in [3.8, 4) is 0 Å². The Morgan fingerprint density at radius 1 is 1.06 bits per heavy atom. The first-order valence-electron chi connectivity index (χ1n) is 12.6. The maximum Gasteiger partial charge on any atom is 0.184 e. The van der Waals surface area contributed by atoms with Crippen LogP contribution in [0.1, 0.15) is 87.5 Å². The summed E-state index contributed by atoms with van der Waals surface area (Å²) >= 11 is 0. The Balaban J connectivity index is 2.81. The van der Waals surface area contributed by atoms with Gasteiger partial charge in [-0.1, -0.05) is 48.8 Å². The van der Waals surface area contributed by atoms with Crippen LogP contribution in [0.4, 0.5) is 0 Å². The second kappa shape index (κ2) is 11.4. The Labute approximate surface area is 206 Å². The number of fused-ring (bicyclic) bond motifs is 1. The summed E-state index contributed by atoms with van der Waals surface area (Å²) in [7, 11) is 1.51. The molecule has 3 atom stereocenters. The van der Waals surface area contributed by atoms with Gasteiger partial charge >= 0.3 is 0 Å². The summed E-state index contributed by atoms with van der Waals surface area (Å²) in [4.78, 5) is 27.4. The lowest BCUT2D eigenvalue weighted by Gasteiger charge is -2.47. The Kier molecular flexibility index (Phi) is 9.33. The van der Waals surface area contributed by atoms with Crippen LogP contribution in [0.25, 0.3) is 0 Å². The predicted molar refractivity (Wildman–Crippen MR) is 139 cm³/mol. The van der Waals surface area contributed by atoms with E-state index in [9.17, 15) is 14.7 Å². The SMILES string of the molecule is COC1=C(C(=O)C(C)C)C(=O)C2(CC=C(C)C)CC(CC=C(C)C)C(CCC=C(C)C)C1=C2O. The van der Waals surface area contributed by atoms with E-state index in [0.29, 0.717) is 18.4 Å². The van der Waals surface area contributed by atoms with Crippen molar-refractivity contribution in [1.29, 1.82) is 0 Å². The highest BCUT2D eigenvalue weighted by molar-refractivity contribution is 6.25. The summed E-state index contributed by atoms with van der Waals surface area (Å²) in [5, 5.41) is 11.7. The lowest BCUT2D eigenvalue weighted by molar-refractivity contribution is -0.131.